The first-order valence-corrected chi connectivity index (χ1v) is 6.05. The van der Waals surface area contributed by atoms with E-state index in [1.807, 2.05) is 38.8 Å². The van der Waals surface area contributed by atoms with Crippen LogP contribution in [0, 0.1) is 13.8 Å². The van der Waals surface area contributed by atoms with Gasteiger partial charge in [0.15, 0.2) is 0 Å². The van der Waals surface area contributed by atoms with E-state index in [2.05, 4.69) is 26.4 Å². The van der Waals surface area contributed by atoms with E-state index in [1.165, 1.54) is 5.69 Å². The normalized spacial score (nSPS) is 12.7. The number of nitrogens with zero attached hydrogens (tertiary/aromatic N) is 4. The minimum Gasteiger partial charge on any atom is -0.311 e. The second kappa shape index (κ2) is 5.27. The highest BCUT2D eigenvalue weighted by Crippen LogP contribution is 2.16. The predicted octanol–water partition coefficient (Wildman–Crippen LogP) is 1.33. The fourth-order valence-electron chi connectivity index (χ4n) is 2.00. The van der Waals surface area contributed by atoms with Crippen molar-refractivity contribution in [3.05, 3.63) is 41.2 Å². The van der Waals surface area contributed by atoms with E-state index in [9.17, 15) is 0 Å². The van der Waals surface area contributed by atoms with E-state index >= 15 is 0 Å². The lowest BCUT2D eigenvalue weighted by atomic mass is 10.1. The summed E-state index contributed by atoms with van der Waals surface area (Å²) in [5.74, 6) is 0. The molecule has 1 unspecified atom stereocenters. The van der Waals surface area contributed by atoms with Gasteiger partial charge in [-0.05, 0) is 27.0 Å². The van der Waals surface area contributed by atoms with Crippen molar-refractivity contribution in [2.24, 2.45) is 7.05 Å². The number of nitrogens with one attached hydrogen (secondary N) is 1. The van der Waals surface area contributed by atoms with Gasteiger partial charge in [-0.15, -0.1) is 0 Å². The van der Waals surface area contributed by atoms with Crippen LogP contribution in [0.3, 0.4) is 0 Å². The third-order valence-electron chi connectivity index (χ3n) is 3.02. The molecule has 1 N–H and O–H groups in total. The smallest absolute Gasteiger partial charge is 0.0760 e. The van der Waals surface area contributed by atoms with E-state index in [0.717, 1.165) is 23.5 Å². The Morgan fingerprint density at radius 1 is 1.22 bits per heavy atom. The summed E-state index contributed by atoms with van der Waals surface area (Å²) < 4.78 is 1.92. The van der Waals surface area contributed by atoms with Crippen molar-refractivity contribution in [1.29, 1.82) is 0 Å². The first-order valence-electron chi connectivity index (χ1n) is 6.05. The van der Waals surface area contributed by atoms with Crippen LogP contribution in [0.5, 0.6) is 0 Å². The van der Waals surface area contributed by atoms with Crippen LogP contribution in [0.25, 0.3) is 0 Å². The average molecular weight is 245 g/mol. The molecular weight excluding hydrogens is 226 g/mol. The molecule has 0 amide bonds. The largest absolute Gasteiger partial charge is 0.311 e. The maximum atomic E-state index is 4.43. The van der Waals surface area contributed by atoms with Crippen LogP contribution < -0.4 is 5.32 Å². The van der Waals surface area contributed by atoms with Crippen LogP contribution in [-0.4, -0.2) is 26.8 Å². The molecule has 0 fully saturated rings. The van der Waals surface area contributed by atoms with Gasteiger partial charge in [-0.1, -0.05) is 0 Å². The lowest BCUT2D eigenvalue weighted by molar-refractivity contribution is 0.546. The SMILES string of the molecule is CNC(Cc1cc(C)nn1C)c1cnc(C)cn1. The molecule has 0 saturated heterocycles. The molecule has 1 atom stereocenters. The van der Waals surface area contributed by atoms with E-state index in [1.54, 1.807) is 6.20 Å². The third kappa shape index (κ3) is 2.73. The number of likely N-dealkylation sites (N-methyl/N-ethyl adjacent to an activating group) is 1. The Hall–Kier alpha value is -1.75. The maximum absolute atomic E-state index is 4.43. The van der Waals surface area contributed by atoms with Gasteiger partial charge < -0.3 is 5.32 Å². The van der Waals surface area contributed by atoms with Crippen LogP contribution in [0.1, 0.15) is 28.8 Å². The summed E-state index contributed by atoms with van der Waals surface area (Å²) in [5.41, 5.74) is 4.12. The number of hydrogen-bond acceptors (Lipinski definition) is 4. The van der Waals surface area contributed by atoms with E-state index in [0.29, 0.717) is 0 Å². The molecule has 2 aromatic heterocycles. The zero-order chi connectivity index (χ0) is 13.1. The van der Waals surface area contributed by atoms with Gasteiger partial charge in [0.1, 0.15) is 0 Å². The van der Waals surface area contributed by atoms with E-state index < -0.39 is 0 Å². The summed E-state index contributed by atoms with van der Waals surface area (Å²) in [6.07, 6.45) is 4.49. The van der Waals surface area contributed by atoms with Crippen molar-refractivity contribution in [3.63, 3.8) is 0 Å². The summed E-state index contributed by atoms with van der Waals surface area (Å²) in [5, 5.41) is 7.64. The molecular formula is C13H19N5. The van der Waals surface area contributed by atoms with Crippen molar-refractivity contribution in [1.82, 2.24) is 25.1 Å². The number of aromatic nitrogens is 4. The Kier molecular flexibility index (Phi) is 3.72. The van der Waals surface area contributed by atoms with Gasteiger partial charge in [0.05, 0.1) is 29.3 Å². The summed E-state index contributed by atoms with van der Waals surface area (Å²) in [7, 11) is 3.91. The fraction of sp³-hybridized carbons (Fsp3) is 0.462. The molecule has 0 radical (unpaired) electrons. The van der Waals surface area contributed by atoms with Crippen LogP contribution >= 0.6 is 0 Å². The summed E-state index contributed by atoms with van der Waals surface area (Å²) >= 11 is 0. The molecule has 18 heavy (non-hydrogen) atoms. The maximum Gasteiger partial charge on any atom is 0.0760 e. The summed E-state index contributed by atoms with van der Waals surface area (Å²) in [6.45, 7) is 3.94. The minimum absolute atomic E-state index is 0.160. The Bertz CT molecular complexity index is 515. The highest BCUT2D eigenvalue weighted by atomic mass is 15.3. The van der Waals surface area contributed by atoms with Gasteiger partial charge in [-0.2, -0.15) is 5.10 Å². The zero-order valence-electron chi connectivity index (χ0n) is 11.3. The molecule has 0 spiro atoms. The lowest BCUT2D eigenvalue weighted by Crippen LogP contribution is -2.21. The molecule has 5 heteroatoms. The Morgan fingerprint density at radius 2 is 2.00 bits per heavy atom. The molecule has 0 aliphatic heterocycles. The molecule has 96 valence electrons. The quantitative estimate of drug-likeness (QED) is 0.883. The van der Waals surface area contributed by atoms with Crippen molar-refractivity contribution in [3.8, 4) is 0 Å². The summed E-state index contributed by atoms with van der Waals surface area (Å²) in [6, 6.07) is 2.26. The van der Waals surface area contributed by atoms with Gasteiger partial charge >= 0.3 is 0 Å². The Labute approximate surface area is 107 Å². The molecule has 0 saturated carbocycles. The molecule has 2 aromatic rings. The molecule has 0 aliphatic rings. The fourth-order valence-corrected chi connectivity index (χ4v) is 2.00. The van der Waals surface area contributed by atoms with Crippen molar-refractivity contribution in [2.75, 3.05) is 7.05 Å². The lowest BCUT2D eigenvalue weighted by Gasteiger charge is -2.15. The highest BCUT2D eigenvalue weighted by molar-refractivity contribution is 5.14. The zero-order valence-corrected chi connectivity index (χ0v) is 11.3. The van der Waals surface area contributed by atoms with Gasteiger partial charge in [0.25, 0.3) is 0 Å². The highest BCUT2D eigenvalue weighted by Gasteiger charge is 2.14. The van der Waals surface area contributed by atoms with Gasteiger partial charge in [-0.25, -0.2) is 0 Å². The van der Waals surface area contributed by atoms with Gasteiger partial charge in [-0.3, -0.25) is 14.6 Å². The van der Waals surface area contributed by atoms with Gasteiger partial charge in [0.2, 0.25) is 0 Å². The van der Waals surface area contributed by atoms with Crippen molar-refractivity contribution >= 4 is 0 Å². The molecule has 0 aliphatic carbocycles. The van der Waals surface area contributed by atoms with Crippen molar-refractivity contribution in [2.45, 2.75) is 26.3 Å². The molecule has 2 heterocycles. The van der Waals surface area contributed by atoms with Crippen LogP contribution in [-0.2, 0) is 13.5 Å². The monoisotopic (exact) mass is 245 g/mol. The topological polar surface area (TPSA) is 55.6 Å². The van der Waals surface area contributed by atoms with Crippen LogP contribution in [0.4, 0.5) is 0 Å². The minimum atomic E-state index is 0.160. The second-order valence-electron chi connectivity index (χ2n) is 4.53. The molecule has 0 bridgehead atoms. The standard InChI is InChI=1S/C13H19N5/c1-9-5-11(18(4)17-9)6-12(14-3)13-8-15-10(2)7-16-13/h5,7-8,12,14H,6H2,1-4H3. The van der Waals surface area contributed by atoms with Crippen molar-refractivity contribution < 1.29 is 0 Å². The Balaban J connectivity index is 2.19. The first kappa shape index (κ1) is 12.7. The number of aryl methyl sites for hydroxylation is 3. The second-order valence-corrected chi connectivity index (χ2v) is 4.53. The van der Waals surface area contributed by atoms with E-state index in [4.69, 9.17) is 0 Å². The molecule has 0 aromatic carbocycles. The predicted molar refractivity (Wildman–Crippen MR) is 70.2 cm³/mol. The Morgan fingerprint density at radius 3 is 2.50 bits per heavy atom. The summed E-state index contributed by atoms with van der Waals surface area (Å²) in [4.78, 5) is 8.72. The first-order chi connectivity index (χ1) is 8.60. The third-order valence-corrected chi connectivity index (χ3v) is 3.02. The van der Waals surface area contributed by atoms with Crippen LogP contribution in [0.2, 0.25) is 0 Å². The number of hydrogen-bond donors (Lipinski definition) is 1. The number of rotatable bonds is 4. The van der Waals surface area contributed by atoms with Gasteiger partial charge in [0, 0.05) is 25.4 Å². The molecule has 2 rings (SSSR count). The average Bonchev–Trinajstić information content (AvgIpc) is 2.66. The molecule has 5 nitrogen and oxygen atoms in total. The van der Waals surface area contributed by atoms with E-state index in [-0.39, 0.29) is 6.04 Å². The van der Waals surface area contributed by atoms with Crippen LogP contribution in [0.15, 0.2) is 18.5 Å².